The minimum atomic E-state index is 0.229. The molecule has 1 aromatic heterocycles. The summed E-state index contributed by atoms with van der Waals surface area (Å²) in [5.74, 6) is 1.36. The molecule has 1 amide bonds. The summed E-state index contributed by atoms with van der Waals surface area (Å²) in [6.07, 6.45) is 13.3. The molecule has 0 spiro atoms. The van der Waals surface area contributed by atoms with Gasteiger partial charge in [-0.1, -0.05) is 51.5 Å². The molecule has 0 aliphatic heterocycles. The van der Waals surface area contributed by atoms with Crippen LogP contribution in [0.1, 0.15) is 71.1 Å². The number of aromatic nitrogens is 1. The Morgan fingerprint density at radius 1 is 1.04 bits per heavy atom. The molecule has 1 aromatic rings. The van der Waals surface area contributed by atoms with Gasteiger partial charge in [-0.15, -0.1) is 11.8 Å². The molecule has 1 rings (SSSR count). The lowest BCUT2D eigenvalue weighted by Crippen LogP contribution is -2.23. The summed E-state index contributed by atoms with van der Waals surface area (Å²) in [5, 5.41) is 4.15. The number of hydrogen-bond donors (Lipinski definition) is 1. The highest BCUT2D eigenvalue weighted by Gasteiger charge is 2.00. The molecule has 0 atom stereocenters. The first kappa shape index (κ1) is 20.0. The zero-order valence-corrected chi connectivity index (χ0v) is 15.4. The van der Waals surface area contributed by atoms with Crippen LogP contribution in [0.5, 0.6) is 0 Å². The van der Waals surface area contributed by atoms with Crippen molar-refractivity contribution < 1.29 is 4.79 Å². The number of amides is 1. The third kappa shape index (κ3) is 12.1. The van der Waals surface area contributed by atoms with Crippen LogP contribution in [0.15, 0.2) is 29.4 Å². The number of hydrogen-bond acceptors (Lipinski definition) is 3. The van der Waals surface area contributed by atoms with E-state index in [2.05, 4.69) is 23.3 Å². The second kappa shape index (κ2) is 14.6. The lowest BCUT2D eigenvalue weighted by atomic mass is 10.1. The molecule has 4 heteroatoms. The largest absolute Gasteiger partial charge is 0.356 e. The first-order valence-electron chi connectivity index (χ1n) is 9.13. The first-order valence-corrected chi connectivity index (χ1v) is 10.1. The fourth-order valence-corrected chi connectivity index (χ4v) is 3.26. The van der Waals surface area contributed by atoms with E-state index in [1.54, 1.807) is 0 Å². The van der Waals surface area contributed by atoms with E-state index in [0.717, 1.165) is 30.2 Å². The number of unbranched alkanes of at least 4 members (excludes halogenated alkanes) is 7. The van der Waals surface area contributed by atoms with E-state index in [-0.39, 0.29) is 5.91 Å². The van der Waals surface area contributed by atoms with Gasteiger partial charge in [-0.25, -0.2) is 4.98 Å². The normalized spacial score (nSPS) is 10.7. The minimum absolute atomic E-state index is 0.229. The summed E-state index contributed by atoms with van der Waals surface area (Å²) in [7, 11) is 0. The average molecular weight is 337 g/mol. The predicted octanol–water partition coefficient (Wildman–Crippen LogP) is 5.21. The van der Waals surface area contributed by atoms with Crippen LogP contribution in [0.4, 0.5) is 0 Å². The highest BCUT2D eigenvalue weighted by molar-refractivity contribution is 7.99. The molecule has 0 radical (unpaired) electrons. The molecule has 0 aliphatic carbocycles. The van der Waals surface area contributed by atoms with Crippen molar-refractivity contribution in [2.45, 2.75) is 76.2 Å². The van der Waals surface area contributed by atoms with Crippen LogP contribution in [-0.2, 0) is 4.79 Å². The molecule has 23 heavy (non-hydrogen) atoms. The van der Waals surface area contributed by atoms with Gasteiger partial charge >= 0.3 is 0 Å². The number of carbonyl (C=O) groups excluding carboxylic acids is 1. The SMILES string of the molecule is CCCCCCCC(=O)NCCCCCCSc1ccccn1. The number of rotatable bonds is 14. The molecular formula is C19H32N2OS. The summed E-state index contributed by atoms with van der Waals surface area (Å²) in [6, 6.07) is 6.04. The molecular weight excluding hydrogens is 304 g/mol. The van der Waals surface area contributed by atoms with Crippen LogP contribution in [0, 0.1) is 0 Å². The van der Waals surface area contributed by atoms with Crippen molar-refractivity contribution in [1.29, 1.82) is 0 Å². The third-order valence-corrected chi connectivity index (χ3v) is 4.82. The van der Waals surface area contributed by atoms with E-state index >= 15 is 0 Å². The zero-order chi connectivity index (χ0) is 16.6. The van der Waals surface area contributed by atoms with Gasteiger partial charge in [-0.2, -0.15) is 0 Å². The third-order valence-electron chi connectivity index (χ3n) is 3.79. The van der Waals surface area contributed by atoms with E-state index in [0.29, 0.717) is 6.42 Å². The average Bonchev–Trinajstić information content (AvgIpc) is 2.58. The topological polar surface area (TPSA) is 42.0 Å². The molecule has 0 aromatic carbocycles. The van der Waals surface area contributed by atoms with Crippen molar-refractivity contribution in [2.75, 3.05) is 12.3 Å². The standard InChI is InChI=1S/C19H32N2OS/c1-2-3-4-5-8-13-18(22)20-15-10-6-7-12-17-23-19-14-9-11-16-21-19/h9,11,14,16H,2-8,10,12-13,15,17H2,1H3,(H,20,22). The Balaban J connectivity index is 1.83. The van der Waals surface area contributed by atoms with Crippen LogP contribution in [-0.4, -0.2) is 23.2 Å². The molecule has 1 N–H and O–H groups in total. The molecule has 3 nitrogen and oxygen atoms in total. The Morgan fingerprint density at radius 2 is 1.83 bits per heavy atom. The molecule has 0 fully saturated rings. The van der Waals surface area contributed by atoms with Crippen LogP contribution in [0.3, 0.4) is 0 Å². The Hall–Kier alpha value is -1.03. The molecule has 0 saturated heterocycles. The van der Waals surface area contributed by atoms with Gasteiger partial charge in [0.1, 0.15) is 0 Å². The predicted molar refractivity (Wildman–Crippen MR) is 99.8 cm³/mol. The van der Waals surface area contributed by atoms with Crippen LogP contribution in [0.2, 0.25) is 0 Å². The number of pyridine rings is 1. The number of carbonyl (C=O) groups is 1. The highest BCUT2D eigenvalue weighted by atomic mass is 32.2. The lowest BCUT2D eigenvalue weighted by Gasteiger charge is -2.05. The van der Waals surface area contributed by atoms with Gasteiger partial charge in [0.15, 0.2) is 0 Å². The van der Waals surface area contributed by atoms with Gasteiger partial charge in [0.2, 0.25) is 5.91 Å². The fraction of sp³-hybridized carbons (Fsp3) is 0.684. The minimum Gasteiger partial charge on any atom is -0.356 e. The Labute approximate surface area is 146 Å². The maximum Gasteiger partial charge on any atom is 0.219 e. The Bertz CT molecular complexity index is 398. The highest BCUT2D eigenvalue weighted by Crippen LogP contribution is 2.16. The number of nitrogens with zero attached hydrogens (tertiary/aromatic N) is 1. The molecule has 0 saturated carbocycles. The van der Waals surface area contributed by atoms with Crippen molar-refractivity contribution in [2.24, 2.45) is 0 Å². The lowest BCUT2D eigenvalue weighted by molar-refractivity contribution is -0.121. The van der Waals surface area contributed by atoms with Crippen molar-refractivity contribution in [3.8, 4) is 0 Å². The Kier molecular flexibility index (Phi) is 12.7. The van der Waals surface area contributed by atoms with Gasteiger partial charge in [0, 0.05) is 19.2 Å². The number of nitrogens with one attached hydrogen (secondary N) is 1. The summed E-state index contributed by atoms with van der Waals surface area (Å²) in [4.78, 5) is 15.9. The second-order valence-corrected chi connectivity index (χ2v) is 7.06. The van der Waals surface area contributed by atoms with Crippen LogP contribution >= 0.6 is 11.8 Å². The maximum atomic E-state index is 11.6. The summed E-state index contributed by atoms with van der Waals surface area (Å²) >= 11 is 1.82. The summed E-state index contributed by atoms with van der Waals surface area (Å²) < 4.78 is 0. The van der Waals surface area contributed by atoms with Crippen molar-refractivity contribution in [3.63, 3.8) is 0 Å². The van der Waals surface area contributed by atoms with Crippen molar-refractivity contribution >= 4 is 17.7 Å². The van der Waals surface area contributed by atoms with Crippen molar-refractivity contribution in [3.05, 3.63) is 24.4 Å². The molecule has 0 bridgehead atoms. The van der Waals surface area contributed by atoms with E-state index in [9.17, 15) is 4.79 Å². The van der Waals surface area contributed by atoms with Gasteiger partial charge in [0.25, 0.3) is 0 Å². The second-order valence-electron chi connectivity index (χ2n) is 5.94. The number of thioether (sulfide) groups is 1. The first-order chi connectivity index (χ1) is 11.3. The van der Waals surface area contributed by atoms with Crippen molar-refractivity contribution in [1.82, 2.24) is 10.3 Å². The van der Waals surface area contributed by atoms with Gasteiger partial charge in [0.05, 0.1) is 5.03 Å². The fourth-order valence-electron chi connectivity index (χ4n) is 2.40. The molecule has 0 aliphatic rings. The van der Waals surface area contributed by atoms with E-state index in [1.165, 1.54) is 44.9 Å². The molecule has 0 unspecified atom stereocenters. The monoisotopic (exact) mass is 336 g/mol. The maximum absolute atomic E-state index is 11.6. The summed E-state index contributed by atoms with van der Waals surface area (Å²) in [5.41, 5.74) is 0. The molecule has 1 heterocycles. The van der Waals surface area contributed by atoms with Crippen LogP contribution in [0.25, 0.3) is 0 Å². The van der Waals surface area contributed by atoms with E-state index < -0.39 is 0 Å². The Morgan fingerprint density at radius 3 is 2.61 bits per heavy atom. The van der Waals surface area contributed by atoms with Gasteiger partial charge in [-0.3, -0.25) is 4.79 Å². The van der Waals surface area contributed by atoms with E-state index in [4.69, 9.17) is 0 Å². The smallest absolute Gasteiger partial charge is 0.219 e. The van der Waals surface area contributed by atoms with Gasteiger partial charge in [-0.05, 0) is 37.1 Å². The van der Waals surface area contributed by atoms with Crippen LogP contribution < -0.4 is 5.32 Å². The summed E-state index contributed by atoms with van der Waals surface area (Å²) in [6.45, 7) is 3.05. The van der Waals surface area contributed by atoms with Gasteiger partial charge < -0.3 is 5.32 Å². The molecule has 130 valence electrons. The quantitative estimate of drug-likeness (QED) is 0.374. The van der Waals surface area contributed by atoms with E-state index in [1.807, 2.05) is 30.1 Å². The zero-order valence-electron chi connectivity index (χ0n) is 14.6.